The van der Waals surface area contributed by atoms with Crippen LogP contribution in [-0.4, -0.2) is 29.2 Å². The lowest BCUT2D eigenvalue weighted by Crippen LogP contribution is -2.21. The molecule has 0 saturated heterocycles. The van der Waals surface area contributed by atoms with Crippen molar-refractivity contribution in [3.63, 3.8) is 0 Å². The molecule has 1 aliphatic rings. The summed E-state index contributed by atoms with van der Waals surface area (Å²) < 4.78 is 31.7. The smallest absolute Gasteiger partial charge is 0.475 e. The Labute approximate surface area is 76.7 Å². The van der Waals surface area contributed by atoms with Crippen LogP contribution in [0.5, 0.6) is 0 Å². The molecule has 1 aliphatic heterocycles. The fourth-order valence-electron chi connectivity index (χ4n) is 0.409. The van der Waals surface area contributed by atoms with Gasteiger partial charge in [-0.25, -0.2) is 4.79 Å². The summed E-state index contributed by atoms with van der Waals surface area (Å²) in [5.74, 6) is -2.67. The van der Waals surface area contributed by atoms with E-state index >= 15 is 0 Å². The fourth-order valence-corrected chi connectivity index (χ4v) is 0.409. The number of Topliss-reactive ketones (excluding diaryl/α,β-unsaturated/α-hetero) is 1. The van der Waals surface area contributed by atoms with Crippen molar-refractivity contribution in [2.24, 2.45) is 4.99 Å². The Kier molecular flexibility index (Phi) is 4.54. The van der Waals surface area contributed by atoms with Crippen LogP contribution in [0.4, 0.5) is 13.2 Å². The van der Waals surface area contributed by atoms with Gasteiger partial charge in [0.15, 0.2) is 5.78 Å². The predicted molar refractivity (Wildman–Crippen MR) is 40.9 cm³/mol. The van der Waals surface area contributed by atoms with Crippen LogP contribution in [0.2, 0.25) is 0 Å². The molecule has 0 aromatic carbocycles. The Morgan fingerprint density at radius 1 is 1.50 bits per heavy atom. The summed E-state index contributed by atoms with van der Waals surface area (Å²) in [5, 5.41) is 7.12. The first kappa shape index (κ1) is 12.3. The molecule has 0 amide bonds. The molecular formula is C7H6F3NO3. The van der Waals surface area contributed by atoms with Crippen molar-refractivity contribution < 1.29 is 27.9 Å². The molecule has 0 radical (unpaired) electrons. The van der Waals surface area contributed by atoms with Gasteiger partial charge < -0.3 is 5.11 Å². The van der Waals surface area contributed by atoms with Gasteiger partial charge in [0.05, 0.1) is 6.21 Å². The first-order chi connectivity index (χ1) is 6.34. The van der Waals surface area contributed by atoms with Crippen LogP contribution >= 0.6 is 0 Å². The average Bonchev–Trinajstić information content (AvgIpc) is 2.04. The number of carboxylic acids is 1. The van der Waals surface area contributed by atoms with Crippen LogP contribution in [0, 0.1) is 0 Å². The minimum atomic E-state index is -5.08. The summed E-state index contributed by atoms with van der Waals surface area (Å²) in [4.78, 5) is 22.8. The molecule has 0 aromatic heterocycles. The van der Waals surface area contributed by atoms with E-state index in [-0.39, 0.29) is 5.78 Å². The number of aliphatic imine (C=N–C) groups is 1. The highest BCUT2D eigenvalue weighted by atomic mass is 19.4. The Morgan fingerprint density at radius 3 is 2.14 bits per heavy atom. The van der Waals surface area contributed by atoms with E-state index in [1.165, 1.54) is 6.21 Å². The molecule has 14 heavy (non-hydrogen) atoms. The number of rotatable bonds is 0. The Bertz CT molecular complexity index is 280. The number of hydrogen-bond acceptors (Lipinski definition) is 3. The number of allylic oxidation sites excluding steroid dienone is 1. The fraction of sp³-hybridized carbons (Fsp3) is 0.286. The van der Waals surface area contributed by atoms with Gasteiger partial charge in [-0.15, -0.1) is 0 Å². The molecule has 0 atom stereocenters. The third kappa shape index (κ3) is 5.92. The van der Waals surface area contributed by atoms with Crippen LogP contribution < -0.4 is 0 Å². The highest BCUT2D eigenvalue weighted by Crippen LogP contribution is 2.13. The van der Waals surface area contributed by atoms with E-state index in [4.69, 9.17) is 9.90 Å². The summed E-state index contributed by atoms with van der Waals surface area (Å²) in [6, 6.07) is 0. The van der Waals surface area contributed by atoms with Gasteiger partial charge in [-0.1, -0.05) is 6.08 Å². The topological polar surface area (TPSA) is 66.7 Å². The van der Waals surface area contributed by atoms with Crippen molar-refractivity contribution in [2.45, 2.75) is 12.6 Å². The van der Waals surface area contributed by atoms with Crippen molar-refractivity contribution in [3.8, 4) is 0 Å². The highest BCUT2D eigenvalue weighted by Gasteiger charge is 2.38. The van der Waals surface area contributed by atoms with Crippen LogP contribution in [0.15, 0.2) is 17.3 Å². The molecular weight excluding hydrogens is 203 g/mol. The minimum Gasteiger partial charge on any atom is -0.475 e. The summed E-state index contributed by atoms with van der Waals surface area (Å²) in [7, 11) is 0. The van der Waals surface area contributed by atoms with Gasteiger partial charge in [0, 0.05) is 12.6 Å². The minimum absolute atomic E-state index is 0.0856. The molecule has 1 N–H and O–H groups in total. The second kappa shape index (κ2) is 5.15. The van der Waals surface area contributed by atoms with Crippen molar-refractivity contribution in [1.29, 1.82) is 0 Å². The lowest BCUT2D eigenvalue weighted by molar-refractivity contribution is -0.192. The van der Waals surface area contributed by atoms with Crippen LogP contribution in [0.3, 0.4) is 0 Å². The second-order valence-corrected chi connectivity index (χ2v) is 2.14. The number of ketones is 1. The normalized spacial score (nSPS) is 14.6. The zero-order valence-electron chi connectivity index (χ0n) is 6.78. The molecule has 1 heterocycles. The number of halogens is 3. The molecule has 0 aromatic rings. The van der Waals surface area contributed by atoms with Crippen molar-refractivity contribution >= 4 is 18.0 Å². The average molecular weight is 209 g/mol. The van der Waals surface area contributed by atoms with Gasteiger partial charge >= 0.3 is 12.1 Å². The molecule has 0 bridgehead atoms. The molecule has 0 fully saturated rings. The molecule has 0 unspecified atom stereocenters. The molecule has 0 spiro atoms. The number of aliphatic carboxylic acids is 1. The third-order valence-corrected chi connectivity index (χ3v) is 0.972. The van der Waals surface area contributed by atoms with Gasteiger partial charge in [0.2, 0.25) is 0 Å². The molecule has 4 nitrogen and oxygen atoms in total. The quantitative estimate of drug-likeness (QED) is 0.651. The van der Waals surface area contributed by atoms with Gasteiger partial charge in [-0.05, 0) is 0 Å². The number of carboxylic acid groups (broad SMARTS) is 1. The second-order valence-electron chi connectivity index (χ2n) is 2.14. The maximum Gasteiger partial charge on any atom is 0.490 e. The number of hydrogen-bond donors (Lipinski definition) is 1. The Hall–Kier alpha value is -1.66. The van der Waals surface area contributed by atoms with Gasteiger partial charge in [0.1, 0.15) is 0 Å². The van der Waals surface area contributed by atoms with Crippen LogP contribution in [0.1, 0.15) is 6.42 Å². The first-order valence-electron chi connectivity index (χ1n) is 3.35. The van der Waals surface area contributed by atoms with Gasteiger partial charge in [-0.2, -0.15) is 13.2 Å². The Balaban J connectivity index is 0.000000241. The number of alkyl halides is 3. The lowest BCUT2D eigenvalue weighted by Gasteiger charge is -1.93. The largest absolute Gasteiger partial charge is 0.490 e. The summed E-state index contributed by atoms with van der Waals surface area (Å²) >= 11 is 0. The third-order valence-electron chi connectivity index (χ3n) is 0.972. The lowest BCUT2D eigenvalue weighted by atomic mass is 10.3. The van der Waals surface area contributed by atoms with Gasteiger partial charge in [0.25, 0.3) is 0 Å². The van der Waals surface area contributed by atoms with Crippen LogP contribution in [0.25, 0.3) is 0 Å². The molecule has 78 valence electrons. The summed E-state index contributed by atoms with van der Waals surface area (Å²) in [6.45, 7) is 0. The van der Waals surface area contributed by atoms with E-state index in [0.717, 1.165) is 0 Å². The zero-order valence-corrected chi connectivity index (χ0v) is 6.78. The standard InChI is InChI=1S/C5H5NO.C2HF3O2/c7-5-2-1-3-6-4-5;3-2(4,5)1(6)7/h1,3-4H,2H2;(H,6,7). The SMILES string of the molecule is O=C(O)C(F)(F)F.O=C1C=NC=CC1. The maximum absolute atomic E-state index is 10.6. The van der Waals surface area contributed by atoms with Crippen molar-refractivity contribution in [2.75, 3.05) is 0 Å². The van der Waals surface area contributed by atoms with E-state index in [1.54, 1.807) is 12.3 Å². The molecule has 7 heteroatoms. The van der Waals surface area contributed by atoms with E-state index in [0.29, 0.717) is 6.42 Å². The molecule has 0 saturated carbocycles. The Morgan fingerprint density at radius 2 is 2.00 bits per heavy atom. The van der Waals surface area contributed by atoms with Crippen molar-refractivity contribution in [3.05, 3.63) is 12.3 Å². The number of carbonyl (C=O) groups excluding carboxylic acids is 1. The number of nitrogens with zero attached hydrogens (tertiary/aromatic N) is 1. The van der Waals surface area contributed by atoms with E-state index in [9.17, 15) is 18.0 Å². The maximum atomic E-state index is 10.6. The van der Waals surface area contributed by atoms with E-state index < -0.39 is 12.1 Å². The van der Waals surface area contributed by atoms with E-state index in [2.05, 4.69) is 4.99 Å². The monoisotopic (exact) mass is 209 g/mol. The number of carbonyl (C=O) groups is 2. The predicted octanol–water partition coefficient (Wildman–Crippen LogP) is 1.18. The molecule has 0 aliphatic carbocycles. The first-order valence-corrected chi connectivity index (χ1v) is 3.35. The summed E-state index contributed by atoms with van der Waals surface area (Å²) in [5.41, 5.74) is 0. The summed E-state index contributed by atoms with van der Waals surface area (Å²) in [6.07, 6.45) is 0.132. The van der Waals surface area contributed by atoms with Gasteiger partial charge in [-0.3, -0.25) is 9.79 Å². The van der Waals surface area contributed by atoms with Crippen LogP contribution in [-0.2, 0) is 9.59 Å². The molecule has 1 rings (SSSR count). The van der Waals surface area contributed by atoms with Crippen molar-refractivity contribution in [1.82, 2.24) is 0 Å². The zero-order chi connectivity index (χ0) is 11.2. The van der Waals surface area contributed by atoms with E-state index in [1.807, 2.05) is 0 Å². The highest BCUT2D eigenvalue weighted by molar-refractivity contribution is 6.28.